The van der Waals surface area contributed by atoms with Crippen LogP contribution >= 0.6 is 22.9 Å². The van der Waals surface area contributed by atoms with Crippen molar-refractivity contribution in [1.29, 1.82) is 0 Å². The van der Waals surface area contributed by atoms with Crippen molar-refractivity contribution in [3.63, 3.8) is 0 Å². The van der Waals surface area contributed by atoms with Crippen LogP contribution < -0.4 is 0 Å². The number of carbonyl (C=O) groups is 1. The lowest BCUT2D eigenvalue weighted by molar-refractivity contribution is 0.0970. The van der Waals surface area contributed by atoms with Crippen LogP contribution in [0.2, 0.25) is 4.34 Å². The first kappa shape index (κ1) is 13.3. The van der Waals surface area contributed by atoms with Crippen LogP contribution in [0.15, 0.2) is 18.2 Å². The Morgan fingerprint density at radius 1 is 1.39 bits per heavy atom. The molecule has 5 heteroatoms. The Hall–Kier alpha value is -1.13. The van der Waals surface area contributed by atoms with Crippen molar-refractivity contribution in [2.45, 2.75) is 33.2 Å². The first-order valence-electron chi connectivity index (χ1n) is 5.98. The van der Waals surface area contributed by atoms with E-state index in [1.165, 1.54) is 11.3 Å². The lowest BCUT2D eigenvalue weighted by Crippen LogP contribution is -2.13. The number of carbonyl (C=O) groups excluding carboxylic acids is 1. The summed E-state index contributed by atoms with van der Waals surface area (Å²) < 4.78 is 2.44. The zero-order valence-electron chi connectivity index (χ0n) is 10.4. The van der Waals surface area contributed by atoms with Crippen LogP contribution in [0.25, 0.3) is 0 Å². The largest absolute Gasteiger partial charge is 0.291 e. The van der Waals surface area contributed by atoms with Gasteiger partial charge in [-0.05, 0) is 31.0 Å². The van der Waals surface area contributed by atoms with Gasteiger partial charge in [-0.2, -0.15) is 5.10 Å². The van der Waals surface area contributed by atoms with Gasteiger partial charge in [0, 0.05) is 5.69 Å². The van der Waals surface area contributed by atoms with E-state index in [0.29, 0.717) is 15.8 Å². The number of halogens is 1. The second-order valence-electron chi connectivity index (χ2n) is 4.02. The number of nitrogens with zero attached hydrogens (tertiary/aromatic N) is 2. The van der Waals surface area contributed by atoms with Crippen LogP contribution in [-0.4, -0.2) is 15.6 Å². The Balaban J connectivity index is 2.18. The fourth-order valence-corrected chi connectivity index (χ4v) is 2.76. The summed E-state index contributed by atoms with van der Waals surface area (Å²) in [6.07, 6.45) is 1.77. The highest BCUT2D eigenvalue weighted by atomic mass is 35.5. The summed E-state index contributed by atoms with van der Waals surface area (Å²) in [5, 5.41) is 4.44. The first-order chi connectivity index (χ1) is 8.63. The van der Waals surface area contributed by atoms with Crippen molar-refractivity contribution in [2.24, 2.45) is 0 Å². The van der Waals surface area contributed by atoms with Crippen LogP contribution in [0.4, 0.5) is 0 Å². The molecule has 0 saturated carbocycles. The van der Waals surface area contributed by atoms with E-state index in [-0.39, 0.29) is 5.78 Å². The van der Waals surface area contributed by atoms with E-state index in [1.807, 2.05) is 0 Å². The van der Waals surface area contributed by atoms with Gasteiger partial charge >= 0.3 is 0 Å². The number of hydrogen-bond donors (Lipinski definition) is 0. The first-order valence-corrected chi connectivity index (χ1v) is 7.17. The van der Waals surface area contributed by atoms with Crippen molar-refractivity contribution in [3.8, 4) is 0 Å². The van der Waals surface area contributed by atoms with Crippen molar-refractivity contribution in [2.75, 3.05) is 0 Å². The molecule has 18 heavy (non-hydrogen) atoms. The van der Waals surface area contributed by atoms with E-state index >= 15 is 0 Å². The minimum atomic E-state index is 0.0624. The monoisotopic (exact) mass is 282 g/mol. The number of aromatic nitrogens is 2. The predicted molar refractivity (Wildman–Crippen MR) is 74.6 cm³/mol. The lowest BCUT2D eigenvalue weighted by Gasteiger charge is -2.03. The third-order valence-corrected chi connectivity index (χ3v) is 4.05. The average molecular weight is 283 g/mol. The molecule has 2 rings (SSSR count). The third kappa shape index (κ3) is 2.82. The van der Waals surface area contributed by atoms with E-state index in [1.54, 1.807) is 16.8 Å². The Kier molecular flexibility index (Phi) is 4.19. The van der Waals surface area contributed by atoms with Crippen molar-refractivity contribution >= 4 is 28.7 Å². The molecule has 0 amide bonds. The molecule has 0 radical (unpaired) electrons. The fraction of sp³-hybridized carbons (Fsp3) is 0.385. The van der Waals surface area contributed by atoms with Gasteiger partial charge in [0.2, 0.25) is 0 Å². The molecule has 96 valence electrons. The number of aryl methyl sites for hydroxylation is 2. The molecule has 0 spiro atoms. The molecule has 2 heterocycles. The molecule has 0 aliphatic heterocycles. The normalized spacial score (nSPS) is 10.8. The smallest absolute Gasteiger partial charge is 0.194 e. The van der Waals surface area contributed by atoms with Crippen LogP contribution in [-0.2, 0) is 19.4 Å². The van der Waals surface area contributed by atoms with Gasteiger partial charge in [0.25, 0.3) is 0 Å². The van der Waals surface area contributed by atoms with E-state index in [9.17, 15) is 4.79 Å². The van der Waals surface area contributed by atoms with Crippen LogP contribution in [0.3, 0.4) is 0 Å². The van der Waals surface area contributed by atoms with Gasteiger partial charge in [0.1, 0.15) is 6.54 Å². The minimum Gasteiger partial charge on any atom is -0.291 e. The molecule has 0 N–H and O–H groups in total. The second kappa shape index (κ2) is 5.67. The third-order valence-electron chi connectivity index (χ3n) is 2.78. The molecule has 0 fully saturated rings. The van der Waals surface area contributed by atoms with Crippen molar-refractivity contribution in [1.82, 2.24) is 9.78 Å². The standard InChI is InChI=1S/C13H15ClN2OS/c1-3-9-7-10(4-2)16(15-9)8-11(17)12-5-6-13(14)18-12/h5-7H,3-4,8H2,1-2H3. The molecule has 0 bridgehead atoms. The predicted octanol–water partition coefficient (Wildman–Crippen LogP) is 3.61. The molecular formula is C13H15ClN2OS. The van der Waals surface area contributed by atoms with E-state index in [2.05, 4.69) is 25.0 Å². The quantitative estimate of drug-likeness (QED) is 0.785. The zero-order valence-corrected chi connectivity index (χ0v) is 12.0. The van der Waals surface area contributed by atoms with Gasteiger partial charge in [-0.1, -0.05) is 25.4 Å². The second-order valence-corrected chi connectivity index (χ2v) is 5.73. The van der Waals surface area contributed by atoms with E-state index in [0.717, 1.165) is 24.2 Å². The van der Waals surface area contributed by atoms with Gasteiger partial charge in [-0.15, -0.1) is 11.3 Å². The van der Waals surface area contributed by atoms with Gasteiger partial charge < -0.3 is 0 Å². The average Bonchev–Trinajstić information content (AvgIpc) is 2.95. The molecule has 0 aliphatic carbocycles. The number of Topliss-reactive ketones (excluding diaryl/α,β-unsaturated/α-hetero) is 1. The number of rotatable bonds is 5. The van der Waals surface area contributed by atoms with E-state index in [4.69, 9.17) is 11.6 Å². The molecule has 0 saturated heterocycles. The van der Waals surface area contributed by atoms with Crippen LogP contribution in [0.1, 0.15) is 34.9 Å². The fourth-order valence-electron chi connectivity index (χ4n) is 1.79. The molecule has 0 atom stereocenters. The number of thiophene rings is 1. The maximum atomic E-state index is 12.1. The summed E-state index contributed by atoms with van der Waals surface area (Å²) in [4.78, 5) is 12.8. The minimum absolute atomic E-state index is 0.0624. The Morgan fingerprint density at radius 2 is 2.17 bits per heavy atom. The van der Waals surface area contributed by atoms with Crippen molar-refractivity contribution in [3.05, 3.63) is 38.8 Å². The SMILES string of the molecule is CCc1cc(CC)n(CC(=O)c2ccc(Cl)s2)n1. The molecule has 2 aromatic rings. The Bertz CT molecular complexity index is 559. The maximum absolute atomic E-state index is 12.1. The van der Waals surface area contributed by atoms with Crippen LogP contribution in [0.5, 0.6) is 0 Å². The topological polar surface area (TPSA) is 34.9 Å². The highest BCUT2D eigenvalue weighted by Gasteiger charge is 2.13. The number of hydrogen-bond acceptors (Lipinski definition) is 3. The molecule has 2 aromatic heterocycles. The van der Waals surface area contributed by atoms with Crippen molar-refractivity contribution < 1.29 is 4.79 Å². The number of ketones is 1. The molecular weight excluding hydrogens is 268 g/mol. The molecule has 3 nitrogen and oxygen atoms in total. The molecule has 0 aliphatic rings. The van der Waals surface area contributed by atoms with E-state index < -0.39 is 0 Å². The summed E-state index contributed by atoms with van der Waals surface area (Å²) in [6.45, 7) is 4.42. The summed E-state index contributed by atoms with van der Waals surface area (Å²) in [5.74, 6) is 0.0624. The molecule has 0 unspecified atom stereocenters. The lowest BCUT2D eigenvalue weighted by atomic mass is 10.2. The maximum Gasteiger partial charge on any atom is 0.194 e. The van der Waals surface area contributed by atoms with Gasteiger partial charge in [-0.25, -0.2) is 0 Å². The highest BCUT2D eigenvalue weighted by Crippen LogP contribution is 2.22. The summed E-state index contributed by atoms with van der Waals surface area (Å²) in [6, 6.07) is 5.58. The Morgan fingerprint density at radius 3 is 2.72 bits per heavy atom. The van der Waals surface area contributed by atoms with Gasteiger partial charge in [-0.3, -0.25) is 9.48 Å². The highest BCUT2D eigenvalue weighted by molar-refractivity contribution is 7.18. The summed E-state index contributed by atoms with van der Waals surface area (Å²) in [7, 11) is 0. The molecule has 0 aromatic carbocycles. The van der Waals surface area contributed by atoms with Gasteiger partial charge in [0.15, 0.2) is 5.78 Å². The Labute approximate surface area is 115 Å². The summed E-state index contributed by atoms with van der Waals surface area (Å²) >= 11 is 7.15. The van der Waals surface area contributed by atoms with Crippen LogP contribution in [0, 0.1) is 0 Å². The summed E-state index contributed by atoms with van der Waals surface area (Å²) in [5.41, 5.74) is 2.13. The van der Waals surface area contributed by atoms with Gasteiger partial charge in [0.05, 0.1) is 14.9 Å². The zero-order chi connectivity index (χ0) is 13.1.